The number of carbonyl (C=O) groups is 3. The van der Waals surface area contributed by atoms with Crippen LogP contribution in [0.1, 0.15) is 23.7 Å². The van der Waals surface area contributed by atoms with E-state index in [1.807, 2.05) is 0 Å². The molecule has 2 rings (SSSR count). The summed E-state index contributed by atoms with van der Waals surface area (Å²) >= 11 is 0. The molecule has 1 fully saturated rings. The van der Waals surface area contributed by atoms with Crippen molar-refractivity contribution in [1.29, 1.82) is 0 Å². The predicted octanol–water partition coefficient (Wildman–Crippen LogP) is -0.148. The summed E-state index contributed by atoms with van der Waals surface area (Å²) in [5, 5.41) is 11.7. The highest BCUT2D eigenvalue weighted by molar-refractivity contribution is 6.07. The predicted molar refractivity (Wildman–Crippen MR) is 70.8 cm³/mol. The Kier molecular flexibility index (Phi) is 3.60. The van der Waals surface area contributed by atoms with E-state index in [0.717, 1.165) is 0 Å². The number of aromatic hydroxyl groups is 1. The lowest BCUT2D eigenvalue weighted by atomic mass is 10.1. The van der Waals surface area contributed by atoms with E-state index in [1.165, 1.54) is 23.1 Å². The van der Waals surface area contributed by atoms with Crippen molar-refractivity contribution < 1.29 is 19.5 Å². The maximum atomic E-state index is 12.4. The normalized spacial score (nSPS) is 18.9. The van der Waals surface area contributed by atoms with E-state index in [2.05, 4.69) is 5.32 Å². The van der Waals surface area contributed by atoms with Gasteiger partial charge in [-0.2, -0.15) is 0 Å². The molecule has 1 aromatic rings. The SMILES string of the molecule is CCC1C(=O)NC(=O)CN1C(=O)c1ccc(N)c(O)c1. The molecule has 0 saturated carbocycles. The monoisotopic (exact) mass is 277 g/mol. The Labute approximate surface area is 115 Å². The largest absolute Gasteiger partial charge is 0.506 e. The third kappa shape index (κ3) is 2.42. The van der Waals surface area contributed by atoms with E-state index < -0.39 is 23.8 Å². The Bertz CT molecular complexity index is 585. The first kappa shape index (κ1) is 13.9. The summed E-state index contributed by atoms with van der Waals surface area (Å²) in [4.78, 5) is 36.7. The smallest absolute Gasteiger partial charge is 0.255 e. The van der Waals surface area contributed by atoms with Crippen molar-refractivity contribution >= 4 is 23.4 Å². The number of hydrogen-bond acceptors (Lipinski definition) is 5. The second-order valence-electron chi connectivity index (χ2n) is 4.54. The van der Waals surface area contributed by atoms with Gasteiger partial charge in [0, 0.05) is 5.56 Å². The van der Waals surface area contributed by atoms with E-state index in [0.29, 0.717) is 6.42 Å². The van der Waals surface area contributed by atoms with Crippen molar-refractivity contribution in [2.75, 3.05) is 12.3 Å². The molecule has 1 aliphatic heterocycles. The van der Waals surface area contributed by atoms with Gasteiger partial charge in [-0.15, -0.1) is 0 Å². The number of benzene rings is 1. The first-order valence-corrected chi connectivity index (χ1v) is 6.17. The fourth-order valence-corrected chi connectivity index (χ4v) is 2.13. The molecule has 106 valence electrons. The first-order chi connectivity index (χ1) is 9.43. The van der Waals surface area contributed by atoms with E-state index in [-0.39, 0.29) is 23.5 Å². The summed E-state index contributed by atoms with van der Waals surface area (Å²) in [7, 11) is 0. The summed E-state index contributed by atoms with van der Waals surface area (Å²) in [6.45, 7) is 1.56. The minimum Gasteiger partial charge on any atom is -0.506 e. The highest BCUT2D eigenvalue weighted by atomic mass is 16.3. The van der Waals surface area contributed by atoms with E-state index >= 15 is 0 Å². The van der Waals surface area contributed by atoms with Crippen LogP contribution in [-0.4, -0.2) is 40.3 Å². The molecule has 1 aromatic carbocycles. The Balaban J connectivity index is 2.32. The van der Waals surface area contributed by atoms with Gasteiger partial charge in [0.1, 0.15) is 18.3 Å². The minimum absolute atomic E-state index is 0.154. The van der Waals surface area contributed by atoms with Gasteiger partial charge in [0.05, 0.1) is 5.69 Å². The van der Waals surface area contributed by atoms with Gasteiger partial charge in [-0.25, -0.2) is 0 Å². The second kappa shape index (κ2) is 5.20. The van der Waals surface area contributed by atoms with Crippen molar-refractivity contribution in [3.63, 3.8) is 0 Å². The topological polar surface area (TPSA) is 113 Å². The number of nitrogens with zero attached hydrogens (tertiary/aromatic N) is 1. The first-order valence-electron chi connectivity index (χ1n) is 6.17. The van der Waals surface area contributed by atoms with Crippen LogP contribution >= 0.6 is 0 Å². The third-order valence-electron chi connectivity index (χ3n) is 3.18. The van der Waals surface area contributed by atoms with Crippen molar-refractivity contribution in [2.45, 2.75) is 19.4 Å². The summed E-state index contributed by atoms with van der Waals surface area (Å²) in [6.07, 6.45) is 0.395. The van der Waals surface area contributed by atoms with Crippen LogP contribution in [0.3, 0.4) is 0 Å². The van der Waals surface area contributed by atoms with Crippen LogP contribution in [-0.2, 0) is 9.59 Å². The highest BCUT2D eigenvalue weighted by Crippen LogP contribution is 2.23. The second-order valence-corrected chi connectivity index (χ2v) is 4.54. The van der Waals surface area contributed by atoms with Crippen LogP contribution in [0.4, 0.5) is 5.69 Å². The van der Waals surface area contributed by atoms with Gasteiger partial charge in [0.2, 0.25) is 11.8 Å². The number of rotatable bonds is 2. The average Bonchev–Trinajstić information content (AvgIpc) is 2.40. The van der Waals surface area contributed by atoms with Crippen LogP contribution in [0.15, 0.2) is 18.2 Å². The fraction of sp³-hybridized carbons (Fsp3) is 0.308. The fourth-order valence-electron chi connectivity index (χ4n) is 2.13. The number of piperazine rings is 1. The number of nitrogens with two attached hydrogens (primary N) is 1. The van der Waals surface area contributed by atoms with Crippen LogP contribution in [0.2, 0.25) is 0 Å². The third-order valence-corrected chi connectivity index (χ3v) is 3.18. The molecule has 0 aliphatic carbocycles. The Morgan fingerprint density at radius 2 is 2.20 bits per heavy atom. The number of carbonyl (C=O) groups excluding carboxylic acids is 3. The summed E-state index contributed by atoms with van der Waals surface area (Å²) in [5.74, 6) is -1.71. The molecule has 0 aromatic heterocycles. The van der Waals surface area contributed by atoms with Crippen molar-refractivity contribution in [3.8, 4) is 5.75 Å². The lowest BCUT2D eigenvalue weighted by molar-refractivity contribution is -0.138. The number of phenolic OH excluding ortho intramolecular Hbond substituents is 1. The minimum atomic E-state index is -0.695. The van der Waals surface area contributed by atoms with E-state index in [9.17, 15) is 19.5 Å². The molecular weight excluding hydrogens is 262 g/mol. The number of nitrogen functional groups attached to an aromatic ring is 1. The van der Waals surface area contributed by atoms with Crippen LogP contribution in [0.5, 0.6) is 5.75 Å². The Hall–Kier alpha value is -2.57. The van der Waals surface area contributed by atoms with Gasteiger partial charge in [0.15, 0.2) is 0 Å². The molecule has 3 amide bonds. The number of nitrogens with one attached hydrogen (secondary N) is 1. The molecular formula is C13H15N3O4. The van der Waals surface area contributed by atoms with Crippen molar-refractivity contribution in [1.82, 2.24) is 10.2 Å². The highest BCUT2D eigenvalue weighted by Gasteiger charge is 2.35. The number of imide groups is 1. The maximum Gasteiger partial charge on any atom is 0.255 e. The Morgan fingerprint density at radius 3 is 2.80 bits per heavy atom. The molecule has 1 atom stereocenters. The molecule has 0 spiro atoms. The number of amides is 3. The van der Waals surface area contributed by atoms with E-state index in [1.54, 1.807) is 6.92 Å². The quantitative estimate of drug-likeness (QED) is 0.395. The van der Waals surface area contributed by atoms with Crippen molar-refractivity contribution in [3.05, 3.63) is 23.8 Å². The number of anilines is 1. The van der Waals surface area contributed by atoms with E-state index in [4.69, 9.17) is 5.73 Å². The maximum absolute atomic E-state index is 12.4. The molecule has 1 saturated heterocycles. The molecule has 1 heterocycles. The number of phenols is 1. The van der Waals surface area contributed by atoms with Crippen LogP contribution in [0, 0.1) is 0 Å². The van der Waals surface area contributed by atoms with Crippen molar-refractivity contribution in [2.24, 2.45) is 0 Å². The van der Waals surface area contributed by atoms with Gasteiger partial charge in [-0.3, -0.25) is 19.7 Å². The summed E-state index contributed by atoms with van der Waals surface area (Å²) < 4.78 is 0. The standard InChI is InChI=1S/C13H15N3O4/c1-2-9-12(19)15-11(18)6-16(9)13(20)7-3-4-8(14)10(17)5-7/h3-5,9,17H,2,6,14H2,1H3,(H,15,18,19). The van der Waals surface area contributed by atoms with Gasteiger partial charge in [-0.1, -0.05) is 6.92 Å². The summed E-state index contributed by atoms with van der Waals surface area (Å²) in [5.41, 5.74) is 5.80. The zero-order valence-electron chi connectivity index (χ0n) is 10.9. The zero-order valence-corrected chi connectivity index (χ0v) is 10.9. The van der Waals surface area contributed by atoms with Gasteiger partial charge >= 0.3 is 0 Å². The van der Waals surface area contributed by atoms with Crippen LogP contribution in [0.25, 0.3) is 0 Å². The molecule has 4 N–H and O–H groups in total. The molecule has 7 heteroatoms. The molecule has 0 bridgehead atoms. The number of hydrogen-bond donors (Lipinski definition) is 3. The zero-order chi connectivity index (χ0) is 14.9. The molecule has 0 radical (unpaired) electrons. The van der Waals surface area contributed by atoms with Crippen LogP contribution < -0.4 is 11.1 Å². The van der Waals surface area contributed by atoms with Gasteiger partial charge < -0.3 is 15.7 Å². The molecule has 20 heavy (non-hydrogen) atoms. The molecule has 7 nitrogen and oxygen atoms in total. The van der Waals surface area contributed by atoms with Gasteiger partial charge in [-0.05, 0) is 24.6 Å². The average molecular weight is 277 g/mol. The molecule has 1 unspecified atom stereocenters. The molecule has 1 aliphatic rings. The lowest BCUT2D eigenvalue weighted by Gasteiger charge is -2.33. The summed E-state index contributed by atoms with van der Waals surface area (Å²) in [6, 6.07) is 3.37. The van der Waals surface area contributed by atoms with Gasteiger partial charge in [0.25, 0.3) is 5.91 Å². The lowest BCUT2D eigenvalue weighted by Crippen LogP contribution is -2.59. The Morgan fingerprint density at radius 1 is 1.50 bits per heavy atom.